The standard InChI is InChI=1S/C6H12F3NO2Si/c1-13(2,3)12-4-10-5(11)6(7,8)9/h4H2,1-3H3,(H,10,11). The smallest absolute Gasteiger partial charge is 0.400 e. The Morgan fingerprint density at radius 3 is 2.15 bits per heavy atom. The first kappa shape index (κ1) is 12.4. The van der Waals surface area contributed by atoms with Crippen molar-refractivity contribution in [1.29, 1.82) is 0 Å². The van der Waals surface area contributed by atoms with Crippen molar-refractivity contribution in [2.75, 3.05) is 6.73 Å². The summed E-state index contributed by atoms with van der Waals surface area (Å²) in [7, 11) is -1.87. The fourth-order valence-electron chi connectivity index (χ4n) is 0.418. The van der Waals surface area contributed by atoms with Gasteiger partial charge in [-0.05, 0) is 19.6 Å². The highest BCUT2D eigenvalue weighted by molar-refractivity contribution is 6.69. The van der Waals surface area contributed by atoms with E-state index in [1.807, 2.05) is 19.6 Å². The zero-order valence-electron chi connectivity index (χ0n) is 7.66. The topological polar surface area (TPSA) is 38.3 Å². The summed E-state index contributed by atoms with van der Waals surface area (Å²) in [6.45, 7) is 5.06. The number of halogens is 3. The zero-order valence-corrected chi connectivity index (χ0v) is 8.66. The van der Waals surface area contributed by atoms with Crippen LogP contribution in [0, 0.1) is 0 Å². The second-order valence-corrected chi connectivity index (χ2v) is 7.92. The van der Waals surface area contributed by atoms with Crippen molar-refractivity contribution in [2.24, 2.45) is 0 Å². The van der Waals surface area contributed by atoms with Crippen LogP contribution in [0.15, 0.2) is 0 Å². The average molecular weight is 215 g/mol. The number of alkyl halides is 3. The number of carbonyl (C=O) groups excluding carboxylic acids is 1. The van der Waals surface area contributed by atoms with E-state index in [2.05, 4.69) is 0 Å². The van der Waals surface area contributed by atoms with Gasteiger partial charge in [-0.2, -0.15) is 13.2 Å². The molecule has 0 radical (unpaired) electrons. The van der Waals surface area contributed by atoms with Crippen LogP contribution in [0.3, 0.4) is 0 Å². The van der Waals surface area contributed by atoms with Crippen LogP contribution >= 0.6 is 0 Å². The minimum absolute atomic E-state index is 0.381. The van der Waals surface area contributed by atoms with Gasteiger partial charge in [0.1, 0.15) is 6.73 Å². The molecule has 0 aliphatic rings. The highest BCUT2D eigenvalue weighted by atomic mass is 28.4. The van der Waals surface area contributed by atoms with Crippen LogP contribution in [0.1, 0.15) is 0 Å². The lowest BCUT2D eigenvalue weighted by atomic mass is 10.6. The first-order valence-electron chi connectivity index (χ1n) is 3.62. The van der Waals surface area contributed by atoms with Gasteiger partial charge in [0.2, 0.25) is 0 Å². The predicted molar refractivity (Wildman–Crippen MR) is 43.5 cm³/mol. The maximum Gasteiger partial charge on any atom is 0.471 e. The summed E-state index contributed by atoms with van der Waals surface area (Å²) in [5.74, 6) is -1.97. The summed E-state index contributed by atoms with van der Waals surface area (Å²) >= 11 is 0. The SMILES string of the molecule is C[Si](C)(C)OCNC(=O)C(F)(F)F. The van der Waals surface area contributed by atoms with Crippen molar-refractivity contribution in [1.82, 2.24) is 5.32 Å². The Morgan fingerprint density at radius 1 is 1.38 bits per heavy atom. The quantitative estimate of drug-likeness (QED) is 0.572. The Balaban J connectivity index is 3.74. The summed E-state index contributed by atoms with van der Waals surface area (Å²) in [5, 5.41) is 1.63. The van der Waals surface area contributed by atoms with Crippen LogP contribution < -0.4 is 5.32 Å². The van der Waals surface area contributed by atoms with Crippen molar-refractivity contribution >= 4 is 14.2 Å². The van der Waals surface area contributed by atoms with Gasteiger partial charge < -0.3 is 9.74 Å². The Labute approximate surface area is 75.4 Å². The van der Waals surface area contributed by atoms with Crippen LogP contribution in [0.25, 0.3) is 0 Å². The molecule has 0 aromatic carbocycles. The Bertz CT molecular complexity index is 187. The van der Waals surface area contributed by atoms with Crippen molar-refractivity contribution in [3.63, 3.8) is 0 Å². The molecule has 0 saturated heterocycles. The van der Waals surface area contributed by atoms with Crippen molar-refractivity contribution in [3.05, 3.63) is 0 Å². The van der Waals surface area contributed by atoms with Gasteiger partial charge >= 0.3 is 12.1 Å². The molecule has 0 heterocycles. The minimum Gasteiger partial charge on any atom is -0.400 e. The highest BCUT2D eigenvalue weighted by Gasteiger charge is 2.38. The van der Waals surface area contributed by atoms with Gasteiger partial charge in [-0.15, -0.1) is 0 Å². The molecule has 0 unspecified atom stereocenters. The molecule has 0 spiro atoms. The summed E-state index contributed by atoms with van der Waals surface area (Å²) in [6, 6.07) is 0. The van der Waals surface area contributed by atoms with Crippen molar-refractivity contribution in [2.45, 2.75) is 25.8 Å². The maximum absolute atomic E-state index is 11.6. The lowest BCUT2D eigenvalue weighted by molar-refractivity contribution is -0.174. The van der Waals surface area contributed by atoms with Gasteiger partial charge in [0, 0.05) is 0 Å². The first-order chi connectivity index (χ1) is 5.63. The molecule has 0 aromatic heterocycles. The largest absolute Gasteiger partial charge is 0.471 e. The molecule has 1 N–H and O–H groups in total. The van der Waals surface area contributed by atoms with Gasteiger partial charge in [-0.3, -0.25) is 4.79 Å². The third-order valence-corrected chi connectivity index (χ3v) is 2.01. The number of carbonyl (C=O) groups is 1. The second-order valence-electron chi connectivity index (χ2n) is 3.40. The third kappa shape index (κ3) is 6.58. The van der Waals surface area contributed by atoms with E-state index in [0.717, 1.165) is 0 Å². The lowest BCUT2D eigenvalue weighted by Gasteiger charge is -2.17. The molecule has 0 atom stereocenters. The fraction of sp³-hybridized carbons (Fsp3) is 0.833. The summed E-state index contributed by atoms with van der Waals surface area (Å²) in [4.78, 5) is 10.2. The summed E-state index contributed by atoms with van der Waals surface area (Å²) in [6.07, 6.45) is -4.83. The van der Waals surface area contributed by atoms with Crippen LogP contribution in [0.4, 0.5) is 13.2 Å². The van der Waals surface area contributed by atoms with E-state index in [1.165, 1.54) is 0 Å². The van der Waals surface area contributed by atoms with E-state index in [-0.39, 0.29) is 6.73 Å². The molecule has 0 aliphatic heterocycles. The van der Waals surface area contributed by atoms with Gasteiger partial charge in [0.15, 0.2) is 8.32 Å². The summed E-state index contributed by atoms with van der Waals surface area (Å²) in [5.41, 5.74) is 0. The molecule has 78 valence electrons. The molecule has 3 nitrogen and oxygen atoms in total. The van der Waals surface area contributed by atoms with Crippen LogP contribution in [-0.2, 0) is 9.22 Å². The molecule has 0 bridgehead atoms. The Kier molecular flexibility index (Phi) is 3.92. The minimum atomic E-state index is -4.83. The molecular formula is C6H12F3NO2Si. The monoisotopic (exact) mass is 215 g/mol. The highest BCUT2D eigenvalue weighted by Crippen LogP contribution is 2.13. The molecule has 1 amide bonds. The first-order valence-corrected chi connectivity index (χ1v) is 7.03. The number of amides is 1. The van der Waals surface area contributed by atoms with E-state index in [1.54, 1.807) is 5.32 Å². The Hall–Kier alpha value is -0.563. The van der Waals surface area contributed by atoms with Gasteiger partial charge in [-0.25, -0.2) is 0 Å². The van der Waals surface area contributed by atoms with Crippen LogP contribution in [0.2, 0.25) is 19.6 Å². The number of rotatable bonds is 3. The predicted octanol–water partition coefficient (Wildman–Crippen LogP) is 1.47. The summed E-state index contributed by atoms with van der Waals surface area (Å²) < 4.78 is 39.8. The number of nitrogens with one attached hydrogen (secondary N) is 1. The molecule has 0 aromatic rings. The zero-order chi connectivity index (χ0) is 10.7. The normalized spacial score (nSPS) is 12.8. The van der Waals surface area contributed by atoms with Crippen molar-refractivity contribution < 1.29 is 22.4 Å². The van der Waals surface area contributed by atoms with E-state index in [4.69, 9.17) is 4.43 Å². The van der Waals surface area contributed by atoms with Gasteiger partial charge in [0.05, 0.1) is 0 Å². The fourth-order valence-corrected chi connectivity index (χ4v) is 0.924. The Morgan fingerprint density at radius 2 is 1.85 bits per heavy atom. The molecule has 7 heteroatoms. The second kappa shape index (κ2) is 4.10. The van der Waals surface area contributed by atoms with E-state index >= 15 is 0 Å². The van der Waals surface area contributed by atoms with Crippen LogP contribution in [-0.4, -0.2) is 27.1 Å². The van der Waals surface area contributed by atoms with E-state index < -0.39 is 20.4 Å². The van der Waals surface area contributed by atoms with E-state index in [0.29, 0.717) is 0 Å². The van der Waals surface area contributed by atoms with Gasteiger partial charge in [-0.1, -0.05) is 0 Å². The van der Waals surface area contributed by atoms with Crippen molar-refractivity contribution in [3.8, 4) is 0 Å². The molecule has 0 saturated carbocycles. The maximum atomic E-state index is 11.6. The molecule has 13 heavy (non-hydrogen) atoms. The molecule has 0 rings (SSSR count). The van der Waals surface area contributed by atoms with E-state index in [9.17, 15) is 18.0 Å². The molecule has 0 fully saturated rings. The number of hydrogen-bond acceptors (Lipinski definition) is 2. The molecular weight excluding hydrogens is 203 g/mol. The molecule has 0 aliphatic carbocycles. The lowest BCUT2D eigenvalue weighted by Crippen LogP contribution is -2.41. The van der Waals surface area contributed by atoms with Crippen LogP contribution in [0.5, 0.6) is 0 Å². The average Bonchev–Trinajstić information content (AvgIpc) is 1.82. The number of hydrogen-bond donors (Lipinski definition) is 1. The van der Waals surface area contributed by atoms with Gasteiger partial charge in [0.25, 0.3) is 0 Å². The third-order valence-electron chi connectivity index (χ3n) is 0.995.